The molecule has 0 amide bonds. The molecule has 0 aromatic heterocycles. The van der Waals surface area contributed by atoms with Gasteiger partial charge >= 0.3 is 0 Å². The molecule has 2 aromatic carbocycles. The van der Waals surface area contributed by atoms with Crippen LogP contribution in [-0.4, -0.2) is 17.0 Å². The second kappa shape index (κ2) is 7.17. The summed E-state index contributed by atoms with van der Waals surface area (Å²) in [4.78, 5) is 2.75. The zero-order chi connectivity index (χ0) is 17.2. The minimum Gasteiger partial charge on any atom is -0.289 e. The van der Waals surface area contributed by atoms with Crippen molar-refractivity contribution in [2.45, 2.75) is 64.1 Å². The quantitative estimate of drug-likeness (QED) is 0.662. The standard InChI is InChI=1S/C24H29N/c1-18(2)23-13-6-7-14-24(23)20-15-21-11-8-12-22(16-20)25(21)17-19-9-4-3-5-10-19/h3-7,9-10,13-15,18,21-22H,8,11-12,16-17H2,1-2H3. The van der Waals surface area contributed by atoms with Crippen LogP contribution in [0.15, 0.2) is 60.7 Å². The Morgan fingerprint density at radius 3 is 2.48 bits per heavy atom. The summed E-state index contributed by atoms with van der Waals surface area (Å²) < 4.78 is 0. The van der Waals surface area contributed by atoms with Crippen LogP contribution in [0.3, 0.4) is 0 Å². The topological polar surface area (TPSA) is 3.24 Å². The zero-order valence-electron chi connectivity index (χ0n) is 15.5. The first-order valence-electron chi connectivity index (χ1n) is 9.82. The van der Waals surface area contributed by atoms with Crippen molar-refractivity contribution in [1.82, 2.24) is 4.90 Å². The number of hydrogen-bond donors (Lipinski definition) is 0. The Bertz CT molecular complexity index is 744. The van der Waals surface area contributed by atoms with Crippen LogP contribution in [0, 0.1) is 0 Å². The summed E-state index contributed by atoms with van der Waals surface area (Å²) in [6.07, 6.45) is 7.80. The van der Waals surface area contributed by atoms with E-state index in [-0.39, 0.29) is 0 Å². The molecule has 1 nitrogen and oxygen atoms in total. The molecule has 0 aliphatic carbocycles. The summed E-state index contributed by atoms with van der Waals surface area (Å²) in [5.41, 5.74) is 6.03. The van der Waals surface area contributed by atoms with Gasteiger partial charge in [0.1, 0.15) is 0 Å². The first-order chi connectivity index (χ1) is 12.2. The Labute approximate surface area is 152 Å². The molecule has 2 heterocycles. The zero-order valence-corrected chi connectivity index (χ0v) is 15.5. The summed E-state index contributed by atoms with van der Waals surface area (Å²) in [6.45, 7) is 5.71. The van der Waals surface area contributed by atoms with Crippen molar-refractivity contribution in [3.63, 3.8) is 0 Å². The number of nitrogens with zero attached hydrogens (tertiary/aromatic N) is 1. The Morgan fingerprint density at radius 2 is 1.72 bits per heavy atom. The van der Waals surface area contributed by atoms with Gasteiger partial charge in [-0.2, -0.15) is 0 Å². The van der Waals surface area contributed by atoms with Crippen molar-refractivity contribution in [3.8, 4) is 0 Å². The lowest BCUT2D eigenvalue weighted by Gasteiger charge is -2.45. The smallest absolute Gasteiger partial charge is 0.0290 e. The predicted octanol–water partition coefficient (Wildman–Crippen LogP) is 6.02. The molecule has 0 N–H and O–H groups in total. The van der Waals surface area contributed by atoms with Gasteiger partial charge < -0.3 is 0 Å². The highest BCUT2D eigenvalue weighted by Gasteiger charge is 2.34. The predicted molar refractivity (Wildman–Crippen MR) is 107 cm³/mol. The van der Waals surface area contributed by atoms with E-state index >= 15 is 0 Å². The Hall–Kier alpha value is -1.86. The van der Waals surface area contributed by atoms with Crippen LogP contribution >= 0.6 is 0 Å². The molecule has 4 rings (SSSR count). The molecular weight excluding hydrogens is 302 g/mol. The second-order valence-corrected chi connectivity index (χ2v) is 7.95. The van der Waals surface area contributed by atoms with E-state index in [1.54, 1.807) is 5.57 Å². The van der Waals surface area contributed by atoms with E-state index in [1.807, 2.05) is 0 Å². The van der Waals surface area contributed by atoms with Gasteiger partial charge in [-0.15, -0.1) is 0 Å². The maximum atomic E-state index is 2.75. The molecule has 0 spiro atoms. The van der Waals surface area contributed by atoms with Crippen LogP contribution in [0.25, 0.3) is 5.57 Å². The van der Waals surface area contributed by atoms with E-state index < -0.39 is 0 Å². The molecule has 2 atom stereocenters. The van der Waals surface area contributed by atoms with Gasteiger partial charge in [-0.25, -0.2) is 0 Å². The Morgan fingerprint density at radius 1 is 0.960 bits per heavy atom. The Kier molecular flexibility index (Phi) is 4.76. The first-order valence-corrected chi connectivity index (χ1v) is 9.82. The molecule has 2 aliphatic heterocycles. The lowest BCUT2D eigenvalue weighted by Crippen LogP contribution is -2.47. The fourth-order valence-electron chi connectivity index (χ4n) is 4.65. The molecule has 1 fully saturated rings. The van der Waals surface area contributed by atoms with Crippen LogP contribution < -0.4 is 0 Å². The fourth-order valence-corrected chi connectivity index (χ4v) is 4.65. The van der Waals surface area contributed by atoms with Crippen LogP contribution in [0.4, 0.5) is 0 Å². The molecule has 2 bridgehead atoms. The largest absolute Gasteiger partial charge is 0.289 e. The highest BCUT2D eigenvalue weighted by Crippen LogP contribution is 2.39. The Balaban J connectivity index is 1.64. The van der Waals surface area contributed by atoms with E-state index in [9.17, 15) is 0 Å². The number of piperidine rings is 1. The molecular formula is C24H29N. The lowest BCUT2D eigenvalue weighted by atomic mass is 9.80. The van der Waals surface area contributed by atoms with E-state index in [1.165, 1.54) is 42.4 Å². The van der Waals surface area contributed by atoms with Crippen molar-refractivity contribution in [2.75, 3.05) is 0 Å². The van der Waals surface area contributed by atoms with Gasteiger partial charge in [0.05, 0.1) is 0 Å². The van der Waals surface area contributed by atoms with Gasteiger partial charge in [-0.05, 0) is 47.4 Å². The van der Waals surface area contributed by atoms with E-state index in [4.69, 9.17) is 0 Å². The maximum Gasteiger partial charge on any atom is 0.0290 e. The van der Waals surface area contributed by atoms with Crippen LogP contribution in [0.5, 0.6) is 0 Å². The molecule has 130 valence electrons. The summed E-state index contributed by atoms with van der Waals surface area (Å²) in [6, 6.07) is 21.3. The van der Waals surface area contributed by atoms with Crippen LogP contribution in [-0.2, 0) is 6.54 Å². The van der Waals surface area contributed by atoms with Crippen molar-refractivity contribution in [2.24, 2.45) is 0 Å². The summed E-state index contributed by atoms with van der Waals surface area (Å²) in [7, 11) is 0. The van der Waals surface area contributed by atoms with Crippen molar-refractivity contribution < 1.29 is 0 Å². The van der Waals surface area contributed by atoms with Crippen molar-refractivity contribution in [3.05, 3.63) is 77.4 Å². The summed E-state index contributed by atoms with van der Waals surface area (Å²) in [5.74, 6) is 0.583. The molecule has 0 saturated carbocycles. The molecule has 1 heteroatoms. The molecule has 1 saturated heterocycles. The van der Waals surface area contributed by atoms with E-state index in [0.717, 1.165) is 6.54 Å². The summed E-state index contributed by atoms with van der Waals surface area (Å²) in [5, 5.41) is 0. The molecule has 2 aliphatic rings. The van der Waals surface area contributed by atoms with Gasteiger partial charge in [-0.1, -0.05) is 80.9 Å². The number of hydrogen-bond acceptors (Lipinski definition) is 1. The number of fused-ring (bicyclic) bond motifs is 2. The minimum absolute atomic E-state index is 0.583. The molecule has 2 aromatic rings. The van der Waals surface area contributed by atoms with Crippen LogP contribution in [0.2, 0.25) is 0 Å². The summed E-state index contributed by atoms with van der Waals surface area (Å²) >= 11 is 0. The van der Waals surface area contributed by atoms with E-state index in [2.05, 4.69) is 79.4 Å². The third-order valence-corrected chi connectivity index (χ3v) is 5.92. The van der Waals surface area contributed by atoms with Crippen molar-refractivity contribution >= 4 is 5.57 Å². The van der Waals surface area contributed by atoms with E-state index in [0.29, 0.717) is 18.0 Å². The number of benzene rings is 2. The van der Waals surface area contributed by atoms with Gasteiger partial charge in [0, 0.05) is 18.6 Å². The highest BCUT2D eigenvalue weighted by atomic mass is 15.2. The molecule has 25 heavy (non-hydrogen) atoms. The average molecular weight is 332 g/mol. The average Bonchev–Trinajstić information content (AvgIpc) is 2.62. The van der Waals surface area contributed by atoms with Crippen molar-refractivity contribution in [1.29, 1.82) is 0 Å². The molecule has 2 unspecified atom stereocenters. The van der Waals surface area contributed by atoms with Gasteiger partial charge in [0.2, 0.25) is 0 Å². The third kappa shape index (κ3) is 3.43. The van der Waals surface area contributed by atoms with Gasteiger partial charge in [0.25, 0.3) is 0 Å². The lowest BCUT2D eigenvalue weighted by molar-refractivity contribution is 0.0951. The number of rotatable bonds is 4. The monoisotopic (exact) mass is 331 g/mol. The van der Waals surface area contributed by atoms with Gasteiger partial charge in [0.15, 0.2) is 0 Å². The first kappa shape index (κ1) is 16.6. The third-order valence-electron chi connectivity index (χ3n) is 5.92. The van der Waals surface area contributed by atoms with Gasteiger partial charge in [-0.3, -0.25) is 4.90 Å². The minimum atomic E-state index is 0.583. The SMILES string of the molecule is CC(C)c1ccccc1C1=CC2CCCC(C1)N2Cc1ccccc1. The molecule has 0 radical (unpaired) electrons. The second-order valence-electron chi connectivity index (χ2n) is 7.95. The van der Waals surface area contributed by atoms with Crippen LogP contribution in [0.1, 0.15) is 62.1 Å². The normalized spacial score (nSPS) is 23.6. The fraction of sp³-hybridized carbons (Fsp3) is 0.417. The highest BCUT2D eigenvalue weighted by molar-refractivity contribution is 5.70. The maximum absolute atomic E-state index is 2.75.